The number of anilines is 1. The van der Waals surface area contributed by atoms with Gasteiger partial charge < -0.3 is 10.2 Å². The Bertz CT molecular complexity index is 1210. The summed E-state index contributed by atoms with van der Waals surface area (Å²) in [5, 5.41) is 2.96. The zero-order chi connectivity index (χ0) is 22.8. The first-order chi connectivity index (χ1) is 16.1. The number of nitrogens with one attached hydrogen (secondary N) is 1. The summed E-state index contributed by atoms with van der Waals surface area (Å²) in [6.07, 6.45) is 1.15. The van der Waals surface area contributed by atoms with Crippen molar-refractivity contribution in [1.29, 1.82) is 0 Å². The number of hydrogen-bond acceptors (Lipinski definition) is 3. The number of fused-ring (bicyclic) bond motifs is 5. The van der Waals surface area contributed by atoms with E-state index in [2.05, 4.69) is 5.32 Å². The molecule has 166 valence electrons. The van der Waals surface area contributed by atoms with Gasteiger partial charge in [-0.05, 0) is 36.6 Å². The highest BCUT2D eigenvalue weighted by molar-refractivity contribution is 6.16. The van der Waals surface area contributed by atoms with Gasteiger partial charge in [-0.15, -0.1) is 0 Å². The van der Waals surface area contributed by atoms with E-state index >= 15 is 0 Å². The van der Waals surface area contributed by atoms with Gasteiger partial charge in [0.25, 0.3) is 11.8 Å². The van der Waals surface area contributed by atoms with E-state index in [4.69, 9.17) is 0 Å². The summed E-state index contributed by atoms with van der Waals surface area (Å²) in [6.45, 7) is 0.971. The number of nitrogens with zero attached hydrogens (tertiary/aromatic N) is 2. The Hall–Kier alpha value is -3.93. The lowest BCUT2D eigenvalue weighted by Gasteiger charge is -2.41. The normalized spacial score (nSPS) is 16.3. The van der Waals surface area contributed by atoms with Gasteiger partial charge >= 0.3 is 0 Å². The van der Waals surface area contributed by atoms with Crippen molar-refractivity contribution in [2.75, 3.05) is 18.0 Å². The second-order valence-corrected chi connectivity index (χ2v) is 8.34. The van der Waals surface area contributed by atoms with Crippen LogP contribution in [0.4, 0.5) is 5.69 Å². The standard InChI is InChI=1S/C27H25N3O3/c31-24(28-17-16-19-9-2-1-3-10-19)15-8-18-29-25-20-11-4-5-12-21(20)27(33)30(25)23-14-7-6-13-22(23)26(29)32/h1-7,9-14,25H,8,15-18H2,(H,28,31)/t25-/m1/s1. The second kappa shape index (κ2) is 8.90. The van der Waals surface area contributed by atoms with Gasteiger partial charge in [-0.1, -0.05) is 60.7 Å². The lowest BCUT2D eigenvalue weighted by atomic mass is 10.0. The maximum Gasteiger partial charge on any atom is 0.260 e. The summed E-state index contributed by atoms with van der Waals surface area (Å²) >= 11 is 0. The van der Waals surface area contributed by atoms with Gasteiger partial charge in [0.1, 0.15) is 6.17 Å². The van der Waals surface area contributed by atoms with E-state index in [1.165, 1.54) is 5.56 Å². The van der Waals surface area contributed by atoms with Crippen molar-refractivity contribution >= 4 is 23.4 Å². The van der Waals surface area contributed by atoms with Crippen LogP contribution >= 0.6 is 0 Å². The lowest BCUT2D eigenvalue weighted by molar-refractivity contribution is -0.121. The van der Waals surface area contributed by atoms with E-state index in [1.807, 2.05) is 66.7 Å². The third-order valence-electron chi connectivity index (χ3n) is 6.26. The van der Waals surface area contributed by atoms with Crippen LogP contribution in [-0.4, -0.2) is 35.7 Å². The zero-order valence-electron chi connectivity index (χ0n) is 18.2. The highest BCUT2D eigenvalue weighted by Crippen LogP contribution is 2.45. The number of rotatable bonds is 7. The molecule has 0 aromatic heterocycles. The molecule has 2 aliphatic rings. The van der Waals surface area contributed by atoms with Crippen LogP contribution in [0.2, 0.25) is 0 Å². The molecule has 6 nitrogen and oxygen atoms in total. The van der Waals surface area contributed by atoms with E-state index in [-0.39, 0.29) is 17.7 Å². The van der Waals surface area contributed by atoms with Crippen LogP contribution in [0.25, 0.3) is 0 Å². The van der Waals surface area contributed by atoms with Gasteiger partial charge in [-0.3, -0.25) is 19.3 Å². The van der Waals surface area contributed by atoms with E-state index in [9.17, 15) is 14.4 Å². The van der Waals surface area contributed by atoms with Crippen LogP contribution in [0.5, 0.6) is 0 Å². The Labute approximate surface area is 192 Å². The fourth-order valence-electron chi connectivity index (χ4n) is 4.69. The van der Waals surface area contributed by atoms with E-state index < -0.39 is 6.17 Å². The number of benzene rings is 3. The van der Waals surface area contributed by atoms with Crippen molar-refractivity contribution in [1.82, 2.24) is 10.2 Å². The molecule has 0 radical (unpaired) electrons. The largest absolute Gasteiger partial charge is 0.356 e. The summed E-state index contributed by atoms with van der Waals surface area (Å²) in [5.74, 6) is -0.240. The van der Waals surface area contributed by atoms with Gasteiger partial charge in [0, 0.05) is 30.6 Å². The molecular weight excluding hydrogens is 414 g/mol. The van der Waals surface area contributed by atoms with Gasteiger partial charge in [-0.25, -0.2) is 0 Å². The molecule has 3 aromatic rings. The Morgan fingerprint density at radius 3 is 2.33 bits per heavy atom. The monoisotopic (exact) mass is 439 g/mol. The van der Waals surface area contributed by atoms with Gasteiger partial charge in [0.2, 0.25) is 5.91 Å². The molecule has 0 fully saturated rings. The molecule has 0 spiro atoms. The molecule has 1 atom stereocenters. The Morgan fingerprint density at radius 2 is 1.52 bits per heavy atom. The quantitative estimate of drug-likeness (QED) is 0.606. The highest BCUT2D eigenvalue weighted by atomic mass is 16.2. The molecule has 3 amide bonds. The maximum absolute atomic E-state index is 13.4. The number of carbonyl (C=O) groups excluding carboxylic acids is 3. The minimum absolute atomic E-state index is 0.0319. The minimum Gasteiger partial charge on any atom is -0.356 e. The van der Waals surface area contributed by atoms with Crippen molar-refractivity contribution in [3.05, 3.63) is 101 Å². The van der Waals surface area contributed by atoms with Crippen molar-refractivity contribution in [3.63, 3.8) is 0 Å². The predicted molar refractivity (Wildman–Crippen MR) is 126 cm³/mol. The molecule has 3 aromatic carbocycles. The SMILES string of the molecule is O=C(CCCN1C(=O)c2ccccc2N2C(=O)c3ccccc3[C@H]12)NCCc1ccccc1. The van der Waals surface area contributed by atoms with Crippen LogP contribution in [0.3, 0.4) is 0 Å². The van der Waals surface area contributed by atoms with Crippen LogP contribution in [0, 0.1) is 0 Å². The predicted octanol–water partition coefficient (Wildman–Crippen LogP) is 3.94. The van der Waals surface area contributed by atoms with E-state index in [1.54, 1.807) is 21.9 Å². The smallest absolute Gasteiger partial charge is 0.260 e. The first-order valence-corrected chi connectivity index (χ1v) is 11.3. The van der Waals surface area contributed by atoms with Crippen molar-refractivity contribution < 1.29 is 14.4 Å². The first kappa shape index (κ1) is 20.9. The number of carbonyl (C=O) groups is 3. The summed E-state index contributed by atoms with van der Waals surface area (Å²) in [4.78, 5) is 42.3. The third-order valence-corrected chi connectivity index (χ3v) is 6.26. The molecule has 2 aliphatic heterocycles. The first-order valence-electron chi connectivity index (χ1n) is 11.3. The fourth-order valence-corrected chi connectivity index (χ4v) is 4.69. The van der Waals surface area contributed by atoms with Gasteiger partial charge in [0.05, 0.1) is 11.3 Å². The zero-order valence-corrected chi connectivity index (χ0v) is 18.2. The molecule has 2 heterocycles. The van der Waals surface area contributed by atoms with Crippen LogP contribution in [-0.2, 0) is 11.2 Å². The molecular formula is C27H25N3O3. The van der Waals surface area contributed by atoms with Crippen molar-refractivity contribution in [2.24, 2.45) is 0 Å². The summed E-state index contributed by atoms with van der Waals surface area (Å²) < 4.78 is 0. The van der Waals surface area contributed by atoms with Crippen LogP contribution in [0.15, 0.2) is 78.9 Å². The molecule has 33 heavy (non-hydrogen) atoms. The van der Waals surface area contributed by atoms with Crippen LogP contribution in [0.1, 0.15) is 50.9 Å². The summed E-state index contributed by atoms with van der Waals surface area (Å²) in [5.41, 5.74) is 3.79. The number of amides is 3. The number of para-hydroxylation sites is 1. The summed E-state index contributed by atoms with van der Waals surface area (Å²) in [6, 6.07) is 24.7. The highest BCUT2D eigenvalue weighted by Gasteiger charge is 2.47. The topological polar surface area (TPSA) is 69.7 Å². The Kier molecular flexibility index (Phi) is 5.65. The maximum atomic E-state index is 13.4. The minimum atomic E-state index is -0.475. The molecule has 0 bridgehead atoms. The molecule has 6 heteroatoms. The fraction of sp³-hybridized carbons (Fsp3) is 0.222. The second-order valence-electron chi connectivity index (χ2n) is 8.34. The molecule has 0 aliphatic carbocycles. The van der Waals surface area contributed by atoms with Crippen molar-refractivity contribution in [2.45, 2.75) is 25.4 Å². The van der Waals surface area contributed by atoms with E-state index in [0.29, 0.717) is 42.7 Å². The van der Waals surface area contributed by atoms with E-state index in [0.717, 1.165) is 12.0 Å². The van der Waals surface area contributed by atoms with Crippen molar-refractivity contribution in [3.8, 4) is 0 Å². The average Bonchev–Trinajstić information content (AvgIpc) is 3.14. The molecule has 5 rings (SSSR count). The number of hydrogen-bond donors (Lipinski definition) is 1. The van der Waals surface area contributed by atoms with Crippen LogP contribution < -0.4 is 10.2 Å². The Balaban J connectivity index is 1.27. The Morgan fingerprint density at radius 1 is 0.818 bits per heavy atom. The lowest BCUT2D eigenvalue weighted by Crippen LogP contribution is -2.48. The molecule has 0 saturated heterocycles. The summed E-state index contributed by atoms with van der Waals surface area (Å²) in [7, 11) is 0. The molecule has 1 N–H and O–H groups in total. The van der Waals surface area contributed by atoms with Gasteiger partial charge in [-0.2, -0.15) is 0 Å². The average molecular weight is 440 g/mol. The van der Waals surface area contributed by atoms with Gasteiger partial charge in [0.15, 0.2) is 0 Å². The molecule has 0 unspecified atom stereocenters. The third kappa shape index (κ3) is 3.89. The molecule has 0 saturated carbocycles.